The molecule has 2 rings (SSSR count). The number of hydrogen-bond donors (Lipinski definition) is 1. The topological polar surface area (TPSA) is 53.4 Å². The lowest BCUT2D eigenvalue weighted by molar-refractivity contribution is 0.0696. The molecule has 2 aromatic rings. The first kappa shape index (κ1) is 13.3. The van der Waals surface area contributed by atoms with E-state index in [1.54, 1.807) is 25.2 Å². The molecule has 1 aromatic heterocycles. The summed E-state index contributed by atoms with van der Waals surface area (Å²) in [5.74, 6) is -1.24. The highest BCUT2D eigenvalue weighted by molar-refractivity contribution is 6.33. The van der Waals surface area contributed by atoms with Gasteiger partial charge in [0.2, 0.25) is 0 Å². The predicted octanol–water partition coefficient (Wildman–Crippen LogP) is 3.34. The first-order valence-electron chi connectivity index (χ1n) is 5.38. The van der Waals surface area contributed by atoms with Gasteiger partial charge in [-0.1, -0.05) is 23.7 Å². The van der Waals surface area contributed by atoms with E-state index >= 15 is 0 Å². The summed E-state index contributed by atoms with van der Waals surface area (Å²) in [6.07, 6.45) is 1.18. The minimum Gasteiger partial charge on any atom is -0.478 e. The summed E-state index contributed by atoms with van der Waals surface area (Å²) in [5, 5.41) is 8.97. The Morgan fingerprint density at radius 1 is 1.42 bits per heavy atom. The Bertz CT molecular complexity index is 634. The second-order valence-corrected chi connectivity index (χ2v) is 4.25. The third-order valence-electron chi connectivity index (χ3n) is 2.60. The van der Waals surface area contributed by atoms with Crippen molar-refractivity contribution in [3.63, 3.8) is 0 Å². The van der Waals surface area contributed by atoms with E-state index in [-0.39, 0.29) is 16.4 Å². The highest BCUT2D eigenvalue weighted by atomic mass is 35.5. The molecule has 19 heavy (non-hydrogen) atoms. The summed E-state index contributed by atoms with van der Waals surface area (Å²) in [7, 11) is 1.60. The Balaban J connectivity index is 2.42. The fraction of sp³-hybridized carbons (Fsp3) is 0.0769. The van der Waals surface area contributed by atoms with Gasteiger partial charge in [-0.05, 0) is 18.2 Å². The van der Waals surface area contributed by atoms with Crippen molar-refractivity contribution >= 4 is 29.1 Å². The number of carboxylic acid groups (broad SMARTS) is 1. The Kier molecular flexibility index (Phi) is 3.66. The van der Waals surface area contributed by atoms with Gasteiger partial charge in [0.05, 0.1) is 16.3 Å². The van der Waals surface area contributed by atoms with Crippen molar-refractivity contribution in [2.45, 2.75) is 0 Å². The summed E-state index contributed by atoms with van der Waals surface area (Å²) < 4.78 is 13.7. The molecule has 0 atom stereocenters. The number of carboxylic acids is 1. The number of nitrogens with zero attached hydrogens (tertiary/aromatic N) is 2. The maximum atomic E-state index is 13.7. The maximum Gasteiger partial charge on any atom is 0.337 e. The zero-order valence-electron chi connectivity index (χ0n) is 9.97. The van der Waals surface area contributed by atoms with Crippen LogP contribution in [0.3, 0.4) is 0 Å². The largest absolute Gasteiger partial charge is 0.478 e. The van der Waals surface area contributed by atoms with Gasteiger partial charge >= 0.3 is 5.97 Å². The number of benzene rings is 1. The molecule has 4 nitrogen and oxygen atoms in total. The molecule has 0 aliphatic carbocycles. The minimum absolute atomic E-state index is 0.0179. The molecule has 98 valence electrons. The minimum atomic E-state index is -1.12. The molecule has 1 aromatic carbocycles. The molecule has 1 heterocycles. The maximum absolute atomic E-state index is 13.7. The van der Waals surface area contributed by atoms with E-state index in [1.165, 1.54) is 23.2 Å². The average molecular weight is 281 g/mol. The van der Waals surface area contributed by atoms with Crippen LogP contribution in [0.4, 0.5) is 15.9 Å². The van der Waals surface area contributed by atoms with E-state index in [1.807, 2.05) is 0 Å². The van der Waals surface area contributed by atoms with Crippen molar-refractivity contribution in [3.05, 3.63) is 52.9 Å². The lowest BCUT2D eigenvalue weighted by atomic mass is 10.2. The van der Waals surface area contributed by atoms with Crippen LogP contribution in [0.25, 0.3) is 0 Å². The molecule has 0 bridgehead atoms. The second-order valence-electron chi connectivity index (χ2n) is 3.85. The van der Waals surface area contributed by atoms with Crippen LogP contribution in [-0.4, -0.2) is 23.1 Å². The molecule has 0 saturated heterocycles. The molecule has 0 saturated carbocycles. The Labute approximate surface area is 114 Å². The molecule has 0 unspecified atom stereocenters. The van der Waals surface area contributed by atoms with Crippen molar-refractivity contribution in [1.82, 2.24) is 4.98 Å². The standard InChI is InChI=1S/C13H10ClFN2O2/c1-17(11-5-3-2-4-10(11)15)12-9(14)6-8(7-16-12)13(18)19/h2-7H,1H3,(H,18,19). The van der Waals surface area contributed by atoms with Gasteiger partial charge in [0.25, 0.3) is 0 Å². The van der Waals surface area contributed by atoms with Crippen LogP contribution in [0, 0.1) is 5.82 Å². The average Bonchev–Trinajstić information content (AvgIpc) is 2.38. The van der Waals surface area contributed by atoms with E-state index in [4.69, 9.17) is 16.7 Å². The number of pyridine rings is 1. The van der Waals surface area contributed by atoms with Gasteiger partial charge in [-0.2, -0.15) is 0 Å². The molecule has 0 spiro atoms. The summed E-state index contributed by atoms with van der Waals surface area (Å²) in [4.78, 5) is 16.2. The van der Waals surface area contributed by atoms with Gasteiger partial charge in [0.1, 0.15) is 5.82 Å². The third-order valence-corrected chi connectivity index (χ3v) is 2.88. The van der Waals surface area contributed by atoms with Crippen molar-refractivity contribution in [3.8, 4) is 0 Å². The Morgan fingerprint density at radius 2 is 2.11 bits per heavy atom. The smallest absolute Gasteiger partial charge is 0.337 e. The van der Waals surface area contributed by atoms with E-state index in [9.17, 15) is 9.18 Å². The van der Waals surface area contributed by atoms with Crippen molar-refractivity contribution in [1.29, 1.82) is 0 Å². The highest BCUT2D eigenvalue weighted by Crippen LogP contribution is 2.30. The van der Waals surface area contributed by atoms with Crippen LogP contribution in [0.5, 0.6) is 0 Å². The summed E-state index contributed by atoms with van der Waals surface area (Å²) in [6, 6.07) is 7.46. The molecule has 0 aliphatic rings. The molecule has 0 radical (unpaired) electrons. The number of anilines is 2. The second kappa shape index (κ2) is 5.24. The predicted molar refractivity (Wildman–Crippen MR) is 70.7 cm³/mol. The van der Waals surface area contributed by atoms with E-state index in [2.05, 4.69) is 4.98 Å². The summed E-state index contributed by atoms with van der Waals surface area (Å²) in [5.41, 5.74) is 0.288. The zero-order chi connectivity index (χ0) is 14.0. The lowest BCUT2D eigenvalue weighted by Gasteiger charge is -2.20. The Morgan fingerprint density at radius 3 is 2.68 bits per heavy atom. The third kappa shape index (κ3) is 2.66. The molecule has 0 amide bonds. The van der Waals surface area contributed by atoms with Gasteiger partial charge in [-0.25, -0.2) is 14.2 Å². The number of halogens is 2. The monoisotopic (exact) mass is 280 g/mol. The summed E-state index contributed by atoms with van der Waals surface area (Å²) >= 11 is 5.98. The van der Waals surface area contributed by atoms with Crippen LogP contribution in [0.2, 0.25) is 5.02 Å². The lowest BCUT2D eigenvalue weighted by Crippen LogP contribution is -2.14. The van der Waals surface area contributed by atoms with E-state index in [0.717, 1.165) is 0 Å². The molecule has 0 fully saturated rings. The quantitative estimate of drug-likeness (QED) is 0.937. The van der Waals surface area contributed by atoms with Crippen molar-refractivity contribution in [2.75, 3.05) is 11.9 Å². The molecule has 0 aliphatic heterocycles. The number of aromatic carboxylic acids is 1. The summed E-state index contributed by atoms with van der Waals surface area (Å²) in [6.45, 7) is 0. The Hall–Kier alpha value is -2.14. The van der Waals surface area contributed by atoms with Crippen LogP contribution < -0.4 is 4.90 Å². The number of hydrogen-bond acceptors (Lipinski definition) is 3. The molecule has 6 heteroatoms. The van der Waals surface area contributed by atoms with Crippen LogP contribution in [0.15, 0.2) is 36.5 Å². The van der Waals surface area contributed by atoms with Gasteiger partial charge < -0.3 is 10.0 Å². The fourth-order valence-corrected chi connectivity index (χ4v) is 1.93. The van der Waals surface area contributed by atoms with Crippen molar-refractivity contribution in [2.24, 2.45) is 0 Å². The van der Waals surface area contributed by atoms with Crippen LogP contribution >= 0.6 is 11.6 Å². The number of rotatable bonds is 3. The van der Waals surface area contributed by atoms with Gasteiger partial charge in [-0.15, -0.1) is 0 Å². The first-order valence-corrected chi connectivity index (χ1v) is 5.75. The van der Waals surface area contributed by atoms with Gasteiger partial charge in [-0.3, -0.25) is 0 Å². The van der Waals surface area contributed by atoms with Crippen molar-refractivity contribution < 1.29 is 14.3 Å². The molecule has 1 N–H and O–H groups in total. The SMILES string of the molecule is CN(c1ccccc1F)c1ncc(C(=O)O)cc1Cl. The molecular formula is C13H10ClFN2O2. The number of aromatic nitrogens is 1. The van der Waals surface area contributed by atoms with Gasteiger partial charge in [0.15, 0.2) is 5.82 Å². The first-order chi connectivity index (χ1) is 9.00. The highest BCUT2D eigenvalue weighted by Gasteiger charge is 2.15. The normalized spacial score (nSPS) is 10.3. The van der Waals surface area contributed by atoms with Gasteiger partial charge in [0, 0.05) is 13.2 Å². The fourth-order valence-electron chi connectivity index (χ4n) is 1.63. The van der Waals surface area contributed by atoms with Crippen LogP contribution in [-0.2, 0) is 0 Å². The van der Waals surface area contributed by atoms with Crippen LogP contribution in [0.1, 0.15) is 10.4 Å². The van der Waals surface area contributed by atoms with E-state index < -0.39 is 11.8 Å². The number of carbonyl (C=O) groups is 1. The number of para-hydroxylation sites is 1. The molecular weight excluding hydrogens is 271 g/mol. The zero-order valence-corrected chi connectivity index (χ0v) is 10.7. The van der Waals surface area contributed by atoms with E-state index in [0.29, 0.717) is 5.69 Å².